The number of hydrogen-bond donors (Lipinski definition) is 2. The Morgan fingerprint density at radius 2 is 1.81 bits per heavy atom. The van der Waals surface area contributed by atoms with E-state index in [4.69, 9.17) is 10.8 Å². The summed E-state index contributed by atoms with van der Waals surface area (Å²) in [6, 6.07) is 11.1. The van der Waals surface area contributed by atoms with Crippen molar-refractivity contribution in [3.8, 4) is 0 Å². The Kier molecular flexibility index (Phi) is 2.52. The van der Waals surface area contributed by atoms with Gasteiger partial charge in [-0.25, -0.2) is 0 Å². The van der Waals surface area contributed by atoms with Crippen LogP contribution < -0.4 is 5.73 Å². The van der Waals surface area contributed by atoms with Gasteiger partial charge < -0.3 is 10.8 Å². The smallest absolute Gasteiger partial charge is 0.310 e. The van der Waals surface area contributed by atoms with E-state index in [0.717, 1.165) is 16.3 Å². The summed E-state index contributed by atoms with van der Waals surface area (Å²) in [6.45, 7) is 1.68. The largest absolute Gasteiger partial charge is 0.481 e. The zero-order valence-corrected chi connectivity index (χ0v) is 8.97. The highest BCUT2D eigenvalue weighted by Gasteiger charge is 2.16. The van der Waals surface area contributed by atoms with Gasteiger partial charge in [0.25, 0.3) is 0 Å². The van der Waals surface area contributed by atoms with Gasteiger partial charge in [0, 0.05) is 11.1 Å². The number of nitrogens with two attached hydrogens (primary N) is 1. The number of aliphatic carboxylic acids is 1. The molecule has 0 bridgehead atoms. The van der Waals surface area contributed by atoms with Crippen LogP contribution in [0.5, 0.6) is 0 Å². The van der Waals surface area contributed by atoms with Crippen LogP contribution in [-0.2, 0) is 4.79 Å². The average molecular weight is 215 g/mol. The fraction of sp³-hybridized carbons (Fsp3) is 0.154. The second-order valence-corrected chi connectivity index (χ2v) is 3.85. The summed E-state index contributed by atoms with van der Waals surface area (Å²) in [6.07, 6.45) is 0. The van der Waals surface area contributed by atoms with Crippen LogP contribution in [0.3, 0.4) is 0 Å². The zero-order valence-electron chi connectivity index (χ0n) is 8.97. The van der Waals surface area contributed by atoms with Crippen molar-refractivity contribution in [2.45, 2.75) is 12.8 Å². The number of benzene rings is 2. The van der Waals surface area contributed by atoms with Gasteiger partial charge in [0.1, 0.15) is 0 Å². The van der Waals surface area contributed by atoms with E-state index in [1.54, 1.807) is 19.1 Å². The normalized spacial score (nSPS) is 12.6. The number of carboxylic acids is 1. The summed E-state index contributed by atoms with van der Waals surface area (Å²) < 4.78 is 0. The summed E-state index contributed by atoms with van der Waals surface area (Å²) in [5.74, 6) is -1.35. The van der Waals surface area contributed by atoms with Crippen LogP contribution in [0.25, 0.3) is 10.8 Å². The van der Waals surface area contributed by atoms with E-state index in [1.807, 2.05) is 24.3 Å². The average Bonchev–Trinajstić information content (AvgIpc) is 2.29. The fourth-order valence-electron chi connectivity index (χ4n) is 1.86. The van der Waals surface area contributed by atoms with E-state index in [9.17, 15) is 4.79 Å². The minimum atomic E-state index is -0.824. The molecule has 0 fully saturated rings. The molecule has 2 rings (SSSR count). The highest BCUT2D eigenvalue weighted by atomic mass is 16.4. The van der Waals surface area contributed by atoms with Gasteiger partial charge in [-0.3, -0.25) is 4.79 Å². The molecule has 0 amide bonds. The summed E-state index contributed by atoms with van der Waals surface area (Å²) in [7, 11) is 0. The number of carboxylic acid groups (broad SMARTS) is 1. The maximum absolute atomic E-state index is 11.0. The maximum atomic E-state index is 11.0. The molecule has 0 spiro atoms. The first-order chi connectivity index (χ1) is 7.61. The van der Waals surface area contributed by atoms with E-state index in [-0.39, 0.29) is 0 Å². The van der Waals surface area contributed by atoms with E-state index >= 15 is 0 Å². The van der Waals surface area contributed by atoms with Gasteiger partial charge >= 0.3 is 5.97 Å². The highest BCUT2D eigenvalue weighted by molar-refractivity contribution is 5.97. The first-order valence-corrected chi connectivity index (χ1v) is 5.11. The van der Waals surface area contributed by atoms with Crippen molar-refractivity contribution in [2.75, 3.05) is 5.73 Å². The van der Waals surface area contributed by atoms with E-state index in [1.165, 1.54) is 0 Å². The Hall–Kier alpha value is -2.03. The summed E-state index contributed by atoms with van der Waals surface area (Å²) in [4.78, 5) is 11.0. The van der Waals surface area contributed by atoms with Crippen LogP contribution >= 0.6 is 0 Å². The molecule has 0 heterocycles. The minimum Gasteiger partial charge on any atom is -0.481 e. The SMILES string of the molecule is CC(C(=O)O)c1ccc(N)c2ccccc12. The van der Waals surface area contributed by atoms with Crippen LogP contribution in [-0.4, -0.2) is 11.1 Å². The summed E-state index contributed by atoms with van der Waals surface area (Å²) in [5.41, 5.74) is 7.33. The Balaban J connectivity index is 2.72. The molecule has 2 aromatic carbocycles. The van der Waals surface area contributed by atoms with E-state index in [2.05, 4.69) is 0 Å². The van der Waals surface area contributed by atoms with Crippen LogP contribution in [0.1, 0.15) is 18.4 Å². The van der Waals surface area contributed by atoms with Gasteiger partial charge in [0.15, 0.2) is 0 Å². The predicted octanol–water partition coefficient (Wildman–Crippen LogP) is 2.61. The number of anilines is 1. The van der Waals surface area contributed by atoms with Gasteiger partial charge in [-0.2, -0.15) is 0 Å². The van der Waals surface area contributed by atoms with Crippen molar-refractivity contribution in [1.82, 2.24) is 0 Å². The molecule has 0 saturated heterocycles. The number of rotatable bonds is 2. The molecule has 1 unspecified atom stereocenters. The lowest BCUT2D eigenvalue weighted by Gasteiger charge is -2.11. The number of nitrogen functional groups attached to an aromatic ring is 1. The summed E-state index contributed by atoms with van der Waals surface area (Å²) in [5, 5.41) is 10.9. The molecular weight excluding hydrogens is 202 g/mol. The molecule has 2 aromatic rings. The van der Waals surface area contributed by atoms with Crippen LogP contribution in [0.4, 0.5) is 5.69 Å². The molecule has 0 aromatic heterocycles. The molecule has 0 aliphatic carbocycles. The second-order valence-electron chi connectivity index (χ2n) is 3.85. The first-order valence-electron chi connectivity index (χ1n) is 5.11. The quantitative estimate of drug-likeness (QED) is 0.757. The van der Waals surface area contributed by atoms with Crippen molar-refractivity contribution in [3.63, 3.8) is 0 Å². The Morgan fingerprint density at radius 1 is 1.19 bits per heavy atom. The standard InChI is InChI=1S/C13H13NO2/c1-8(13(15)16)9-6-7-12(14)11-5-3-2-4-10(9)11/h2-8H,14H2,1H3,(H,15,16). The van der Waals surface area contributed by atoms with Crippen molar-refractivity contribution >= 4 is 22.4 Å². The Bertz CT molecular complexity index is 549. The molecule has 1 atom stereocenters. The summed E-state index contributed by atoms with van der Waals surface area (Å²) >= 11 is 0. The highest BCUT2D eigenvalue weighted by Crippen LogP contribution is 2.29. The van der Waals surface area contributed by atoms with Crippen molar-refractivity contribution < 1.29 is 9.90 Å². The first kappa shape index (κ1) is 10.5. The Labute approximate surface area is 93.5 Å². The lowest BCUT2D eigenvalue weighted by atomic mass is 9.94. The molecule has 16 heavy (non-hydrogen) atoms. The third kappa shape index (κ3) is 1.60. The topological polar surface area (TPSA) is 63.3 Å². The third-order valence-corrected chi connectivity index (χ3v) is 2.83. The lowest BCUT2D eigenvalue weighted by Crippen LogP contribution is -2.08. The minimum absolute atomic E-state index is 0.523. The van der Waals surface area contributed by atoms with Crippen molar-refractivity contribution in [1.29, 1.82) is 0 Å². The third-order valence-electron chi connectivity index (χ3n) is 2.83. The zero-order chi connectivity index (χ0) is 11.7. The fourth-order valence-corrected chi connectivity index (χ4v) is 1.86. The second kappa shape index (κ2) is 3.85. The predicted molar refractivity (Wildman–Crippen MR) is 64.4 cm³/mol. The number of fused-ring (bicyclic) bond motifs is 1. The molecule has 82 valence electrons. The van der Waals surface area contributed by atoms with Gasteiger partial charge in [-0.15, -0.1) is 0 Å². The molecule has 3 nitrogen and oxygen atoms in total. The molecular formula is C13H13NO2. The molecule has 0 radical (unpaired) electrons. The van der Waals surface area contributed by atoms with Crippen molar-refractivity contribution in [3.05, 3.63) is 42.0 Å². The lowest BCUT2D eigenvalue weighted by molar-refractivity contribution is -0.138. The van der Waals surface area contributed by atoms with Gasteiger partial charge in [-0.05, 0) is 23.9 Å². The molecule has 3 heteroatoms. The molecule has 0 aliphatic heterocycles. The van der Waals surface area contributed by atoms with E-state index < -0.39 is 11.9 Å². The van der Waals surface area contributed by atoms with Gasteiger partial charge in [0.2, 0.25) is 0 Å². The number of carbonyl (C=O) groups is 1. The van der Waals surface area contributed by atoms with E-state index in [0.29, 0.717) is 5.69 Å². The molecule has 0 saturated carbocycles. The van der Waals surface area contributed by atoms with Crippen LogP contribution in [0, 0.1) is 0 Å². The van der Waals surface area contributed by atoms with Crippen LogP contribution in [0.15, 0.2) is 36.4 Å². The van der Waals surface area contributed by atoms with Crippen LogP contribution in [0.2, 0.25) is 0 Å². The maximum Gasteiger partial charge on any atom is 0.310 e. The molecule has 0 aliphatic rings. The Morgan fingerprint density at radius 3 is 2.44 bits per heavy atom. The van der Waals surface area contributed by atoms with Crippen molar-refractivity contribution in [2.24, 2.45) is 0 Å². The monoisotopic (exact) mass is 215 g/mol. The van der Waals surface area contributed by atoms with Gasteiger partial charge in [0.05, 0.1) is 5.92 Å². The van der Waals surface area contributed by atoms with Gasteiger partial charge in [-0.1, -0.05) is 30.3 Å². The number of hydrogen-bond acceptors (Lipinski definition) is 2. The molecule has 3 N–H and O–H groups in total.